The van der Waals surface area contributed by atoms with Crippen molar-refractivity contribution in [3.63, 3.8) is 0 Å². The number of halogens is 1. The van der Waals surface area contributed by atoms with Crippen molar-refractivity contribution in [1.29, 1.82) is 0 Å². The van der Waals surface area contributed by atoms with E-state index in [1.165, 1.54) is 0 Å². The highest BCUT2D eigenvalue weighted by atomic mass is 35.5. The molecule has 7 nitrogen and oxygen atoms in total. The van der Waals surface area contributed by atoms with Gasteiger partial charge in [0.2, 0.25) is 0 Å². The third-order valence-electron chi connectivity index (χ3n) is 4.96. The minimum absolute atomic E-state index is 0.398. The number of benzene rings is 4. The summed E-state index contributed by atoms with van der Waals surface area (Å²) in [6.07, 6.45) is -2.08. The van der Waals surface area contributed by atoms with Crippen LogP contribution in [0.2, 0.25) is 5.02 Å². The quantitative estimate of drug-likeness (QED) is 0.212. The van der Waals surface area contributed by atoms with E-state index in [9.17, 15) is 0 Å². The van der Waals surface area contributed by atoms with Crippen LogP contribution in [0.25, 0.3) is 0 Å². The third kappa shape index (κ3) is 6.46. The van der Waals surface area contributed by atoms with E-state index in [4.69, 9.17) is 44.8 Å². The topological polar surface area (TPSA) is 64.6 Å². The summed E-state index contributed by atoms with van der Waals surface area (Å²) in [5, 5.41) is 0.552. The van der Waals surface area contributed by atoms with Gasteiger partial charge in [0, 0.05) is 5.02 Å². The van der Waals surface area contributed by atoms with Crippen molar-refractivity contribution in [2.24, 2.45) is 0 Å². The van der Waals surface area contributed by atoms with E-state index in [2.05, 4.69) is 0 Å². The molecular formula is C28H25ClO7. The highest BCUT2D eigenvalue weighted by Gasteiger charge is 2.44. The molecule has 0 aliphatic rings. The molecule has 4 aromatic rings. The van der Waals surface area contributed by atoms with Gasteiger partial charge in [-0.3, -0.25) is 0 Å². The molecule has 0 atom stereocenters. The lowest BCUT2D eigenvalue weighted by Gasteiger charge is -2.32. The first-order chi connectivity index (χ1) is 17.5. The monoisotopic (exact) mass is 508 g/mol. The Balaban J connectivity index is 1.76. The Morgan fingerprint density at radius 2 is 0.611 bits per heavy atom. The van der Waals surface area contributed by atoms with Crippen molar-refractivity contribution in [2.75, 3.05) is 21.3 Å². The minimum atomic E-state index is -2.08. The molecule has 0 bridgehead atoms. The van der Waals surface area contributed by atoms with Crippen molar-refractivity contribution in [3.05, 3.63) is 102 Å². The van der Waals surface area contributed by atoms with Crippen molar-refractivity contribution in [1.82, 2.24) is 0 Å². The first kappa shape index (κ1) is 24.9. The van der Waals surface area contributed by atoms with Crippen LogP contribution in [0, 0.1) is 0 Å². The normalized spacial score (nSPS) is 10.8. The number of hydrogen-bond acceptors (Lipinski definition) is 7. The molecule has 0 aliphatic heterocycles. The van der Waals surface area contributed by atoms with Crippen LogP contribution in [-0.4, -0.2) is 27.5 Å². The van der Waals surface area contributed by atoms with E-state index in [0.717, 1.165) is 0 Å². The maximum absolute atomic E-state index is 6.24. The van der Waals surface area contributed by atoms with Gasteiger partial charge in [0.05, 0.1) is 21.3 Å². The Morgan fingerprint density at radius 3 is 0.861 bits per heavy atom. The van der Waals surface area contributed by atoms with Gasteiger partial charge in [-0.05, 0) is 97.1 Å². The summed E-state index contributed by atoms with van der Waals surface area (Å²) >= 11 is 6.07. The van der Waals surface area contributed by atoms with E-state index in [1.54, 1.807) is 118 Å². The maximum atomic E-state index is 6.24. The van der Waals surface area contributed by atoms with Gasteiger partial charge in [-0.15, -0.1) is 0 Å². The van der Waals surface area contributed by atoms with Crippen LogP contribution in [0.4, 0.5) is 0 Å². The predicted molar refractivity (Wildman–Crippen MR) is 136 cm³/mol. The van der Waals surface area contributed by atoms with E-state index in [-0.39, 0.29) is 0 Å². The second kappa shape index (κ2) is 11.5. The molecule has 0 fully saturated rings. The summed E-state index contributed by atoms with van der Waals surface area (Å²) in [6.45, 7) is 0. The molecule has 0 aliphatic carbocycles. The zero-order valence-corrected chi connectivity index (χ0v) is 20.7. The van der Waals surface area contributed by atoms with Crippen molar-refractivity contribution >= 4 is 11.6 Å². The molecule has 0 amide bonds. The van der Waals surface area contributed by atoms with Crippen molar-refractivity contribution in [2.45, 2.75) is 6.16 Å². The van der Waals surface area contributed by atoms with E-state index in [1.807, 2.05) is 0 Å². The molecule has 0 saturated heterocycles. The number of methoxy groups -OCH3 is 3. The lowest BCUT2D eigenvalue weighted by atomic mass is 10.3. The largest absolute Gasteiger partial charge is 0.611 e. The summed E-state index contributed by atoms with van der Waals surface area (Å²) in [5.74, 6) is 3.62. The van der Waals surface area contributed by atoms with Gasteiger partial charge < -0.3 is 33.2 Å². The Morgan fingerprint density at radius 1 is 0.389 bits per heavy atom. The number of ether oxygens (including phenoxy) is 7. The van der Waals surface area contributed by atoms with E-state index >= 15 is 0 Å². The maximum Gasteiger partial charge on any atom is 0.611 e. The Hall–Kier alpha value is -4.23. The smallest absolute Gasteiger partial charge is 0.497 e. The SMILES string of the molecule is COc1ccc(OC(Oc2ccc(Cl)cc2)(Oc2ccc(OC)cc2)Oc2ccc(OC)cc2)cc1. The van der Waals surface area contributed by atoms with Crippen molar-refractivity contribution in [3.8, 4) is 40.2 Å². The fraction of sp³-hybridized carbons (Fsp3) is 0.143. The van der Waals surface area contributed by atoms with Gasteiger partial charge in [0.25, 0.3) is 0 Å². The van der Waals surface area contributed by atoms with Crippen LogP contribution >= 0.6 is 11.6 Å². The highest BCUT2D eigenvalue weighted by molar-refractivity contribution is 6.30. The van der Waals surface area contributed by atoms with Gasteiger partial charge in [-0.25, -0.2) is 0 Å². The van der Waals surface area contributed by atoms with Crippen LogP contribution in [0.1, 0.15) is 0 Å². The molecule has 4 aromatic carbocycles. The van der Waals surface area contributed by atoms with Gasteiger partial charge in [-0.2, -0.15) is 0 Å². The predicted octanol–water partition coefficient (Wildman–Crippen LogP) is 6.59. The molecule has 0 saturated carbocycles. The van der Waals surface area contributed by atoms with Crippen LogP contribution < -0.4 is 33.2 Å². The summed E-state index contributed by atoms with van der Waals surface area (Å²) in [7, 11) is 4.76. The zero-order valence-electron chi connectivity index (χ0n) is 20.0. The molecule has 36 heavy (non-hydrogen) atoms. The standard InChI is InChI=1S/C28H25ClO7/c1-30-21-8-14-25(15-9-21)34-28(33-24-6-4-20(29)5-7-24,35-26-16-10-22(31-2)11-17-26)36-27-18-12-23(32-3)13-19-27/h4-19H,1-3H3. The van der Waals surface area contributed by atoms with Crippen LogP contribution in [-0.2, 0) is 0 Å². The van der Waals surface area contributed by atoms with Crippen LogP contribution in [0.3, 0.4) is 0 Å². The Bertz CT molecular complexity index is 1100. The second-order valence-corrected chi connectivity index (χ2v) is 7.83. The van der Waals surface area contributed by atoms with Crippen LogP contribution in [0.5, 0.6) is 40.2 Å². The molecule has 0 N–H and O–H groups in total. The molecule has 0 radical (unpaired) electrons. The zero-order chi connectivity index (χ0) is 25.4. The van der Waals surface area contributed by atoms with E-state index < -0.39 is 6.16 Å². The molecule has 0 aromatic heterocycles. The summed E-state index contributed by atoms with van der Waals surface area (Å²) in [4.78, 5) is 0. The first-order valence-electron chi connectivity index (χ1n) is 10.9. The molecule has 0 unspecified atom stereocenters. The lowest BCUT2D eigenvalue weighted by Crippen LogP contribution is -2.53. The molecule has 4 rings (SSSR count). The molecule has 0 spiro atoms. The summed E-state index contributed by atoms with van der Waals surface area (Å²) in [5.41, 5.74) is 0. The number of rotatable bonds is 11. The molecular weight excluding hydrogens is 484 g/mol. The van der Waals surface area contributed by atoms with Gasteiger partial charge in [0.15, 0.2) is 0 Å². The fourth-order valence-electron chi connectivity index (χ4n) is 3.14. The molecule has 186 valence electrons. The van der Waals surface area contributed by atoms with Crippen LogP contribution in [0.15, 0.2) is 97.1 Å². The van der Waals surface area contributed by atoms with E-state index in [0.29, 0.717) is 45.3 Å². The average molecular weight is 509 g/mol. The average Bonchev–Trinajstić information content (AvgIpc) is 2.91. The third-order valence-corrected chi connectivity index (χ3v) is 5.22. The molecule has 0 heterocycles. The first-order valence-corrected chi connectivity index (χ1v) is 11.3. The Kier molecular flexibility index (Phi) is 7.92. The molecule has 8 heteroatoms. The minimum Gasteiger partial charge on any atom is -0.497 e. The Labute approximate surface area is 214 Å². The van der Waals surface area contributed by atoms with Gasteiger partial charge >= 0.3 is 6.16 Å². The van der Waals surface area contributed by atoms with Crippen molar-refractivity contribution < 1.29 is 33.2 Å². The second-order valence-electron chi connectivity index (χ2n) is 7.39. The summed E-state index contributed by atoms with van der Waals surface area (Å²) in [6, 6.07) is 27.6. The lowest BCUT2D eigenvalue weighted by molar-refractivity contribution is -0.367. The van der Waals surface area contributed by atoms with Gasteiger partial charge in [0.1, 0.15) is 40.2 Å². The highest BCUT2D eigenvalue weighted by Crippen LogP contribution is 2.32. The number of hydrogen-bond donors (Lipinski definition) is 0. The summed E-state index contributed by atoms with van der Waals surface area (Å²) < 4.78 is 40.7. The van der Waals surface area contributed by atoms with Gasteiger partial charge in [-0.1, -0.05) is 11.6 Å². The fourth-order valence-corrected chi connectivity index (χ4v) is 3.26.